The van der Waals surface area contributed by atoms with Crippen molar-refractivity contribution in [2.45, 2.75) is 17.2 Å². The maximum Gasteiger partial charge on any atom is 0.417 e. The molecule has 0 bridgehead atoms. The van der Waals surface area contributed by atoms with E-state index in [1.54, 1.807) is 0 Å². The zero-order valence-electron chi connectivity index (χ0n) is 7.69. The molecule has 1 aromatic rings. The van der Waals surface area contributed by atoms with Gasteiger partial charge in [-0.2, -0.15) is 26.3 Å². The molecular weight excluding hydrogens is 294 g/mol. The standard InChI is InChI=1S/C8H3ClF6OS/c9-17(16)6-2-1-4(7(10,11)12)3-5(6)8(13,14)15/h1-3H. The maximum absolute atomic E-state index is 12.4. The minimum Gasteiger partial charge on any atom is -0.237 e. The largest absolute Gasteiger partial charge is 0.417 e. The van der Waals surface area contributed by atoms with Crippen molar-refractivity contribution in [1.29, 1.82) is 0 Å². The van der Waals surface area contributed by atoms with Crippen LogP contribution in [0.15, 0.2) is 23.1 Å². The summed E-state index contributed by atoms with van der Waals surface area (Å²) in [4.78, 5) is -0.896. The highest BCUT2D eigenvalue weighted by Gasteiger charge is 2.39. The van der Waals surface area contributed by atoms with Crippen LogP contribution >= 0.6 is 10.7 Å². The third-order valence-corrected chi connectivity index (χ3v) is 2.99. The summed E-state index contributed by atoms with van der Waals surface area (Å²) < 4.78 is 84.7. The summed E-state index contributed by atoms with van der Waals surface area (Å²) in [5.41, 5.74) is -3.13. The monoisotopic (exact) mass is 296 g/mol. The molecule has 1 unspecified atom stereocenters. The molecule has 1 rings (SSSR count). The van der Waals surface area contributed by atoms with Crippen molar-refractivity contribution in [1.82, 2.24) is 0 Å². The van der Waals surface area contributed by atoms with E-state index in [0.29, 0.717) is 12.1 Å². The smallest absolute Gasteiger partial charge is 0.237 e. The molecular formula is C8H3ClF6OS. The van der Waals surface area contributed by atoms with E-state index in [0.717, 1.165) is 0 Å². The molecule has 0 spiro atoms. The fourth-order valence-electron chi connectivity index (χ4n) is 1.07. The lowest BCUT2D eigenvalue weighted by atomic mass is 10.1. The second-order valence-corrected chi connectivity index (χ2v) is 4.66. The van der Waals surface area contributed by atoms with Crippen molar-refractivity contribution in [2.75, 3.05) is 0 Å². The first-order chi connectivity index (χ1) is 7.53. The van der Waals surface area contributed by atoms with E-state index in [1.807, 2.05) is 0 Å². The Morgan fingerprint density at radius 3 is 1.88 bits per heavy atom. The van der Waals surface area contributed by atoms with Crippen LogP contribution in [0, 0.1) is 0 Å². The average Bonchev–Trinajstić information content (AvgIpc) is 2.14. The Kier molecular flexibility index (Phi) is 3.78. The van der Waals surface area contributed by atoms with Gasteiger partial charge in [0.2, 0.25) is 0 Å². The summed E-state index contributed by atoms with van der Waals surface area (Å²) >= 11 is 0. The minimum absolute atomic E-state index is 0.115. The zero-order chi connectivity index (χ0) is 13.4. The van der Waals surface area contributed by atoms with Crippen LogP contribution < -0.4 is 0 Å². The summed E-state index contributed by atoms with van der Waals surface area (Å²) in [6, 6.07) is 0.731. The van der Waals surface area contributed by atoms with Gasteiger partial charge in [-0.15, -0.1) is 0 Å². The molecule has 0 aliphatic heterocycles. The third-order valence-electron chi connectivity index (χ3n) is 1.79. The molecule has 0 N–H and O–H groups in total. The first-order valence-corrected chi connectivity index (χ1v) is 5.87. The van der Waals surface area contributed by atoms with Gasteiger partial charge in [-0.1, -0.05) is 0 Å². The quantitative estimate of drug-likeness (QED) is 0.566. The molecule has 0 amide bonds. The molecule has 0 fully saturated rings. The van der Waals surface area contributed by atoms with Gasteiger partial charge in [-0.3, -0.25) is 0 Å². The molecule has 1 atom stereocenters. The van der Waals surface area contributed by atoms with Crippen LogP contribution in [0.5, 0.6) is 0 Å². The molecule has 96 valence electrons. The van der Waals surface area contributed by atoms with Crippen molar-refractivity contribution >= 4 is 20.7 Å². The molecule has 0 saturated heterocycles. The van der Waals surface area contributed by atoms with Crippen LogP contribution in [0.2, 0.25) is 0 Å². The van der Waals surface area contributed by atoms with Gasteiger partial charge in [0.15, 0.2) is 0 Å². The van der Waals surface area contributed by atoms with E-state index >= 15 is 0 Å². The summed E-state index contributed by atoms with van der Waals surface area (Å²) in [5.74, 6) is 0. The van der Waals surface area contributed by atoms with Crippen LogP contribution in [0.25, 0.3) is 0 Å². The highest BCUT2D eigenvalue weighted by Crippen LogP contribution is 2.38. The van der Waals surface area contributed by atoms with Gasteiger partial charge < -0.3 is 0 Å². The minimum atomic E-state index is -5.05. The molecule has 17 heavy (non-hydrogen) atoms. The lowest BCUT2D eigenvalue weighted by Gasteiger charge is -2.13. The van der Waals surface area contributed by atoms with Gasteiger partial charge >= 0.3 is 12.4 Å². The number of hydrogen-bond acceptors (Lipinski definition) is 1. The topological polar surface area (TPSA) is 17.1 Å². The Labute approximate surface area is 98.3 Å². The van der Waals surface area contributed by atoms with Crippen molar-refractivity contribution in [3.63, 3.8) is 0 Å². The number of alkyl halides is 6. The summed E-state index contributed by atoms with van der Waals surface area (Å²) in [5, 5.41) is 0. The van der Waals surface area contributed by atoms with Gasteiger partial charge in [-0.05, 0) is 28.9 Å². The number of halogens is 7. The summed E-state index contributed by atoms with van der Waals surface area (Å²) in [7, 11) is 2.43. The Morgan fingerprint density at radius 2 is 1.53 bits per heavy atom. The predicted octanol–water partition coefficient (Wildman–Crippen LogP) is 3.99. The van der Waals surface area contributed by atoms with E-state index < -0.39 is 38.4 Å². The molecule has 0 radical (unpaired) electrons. The average molecular weight is 297 g/mol. The highest BCUT2D eigenvalue weighted by atomic mass is 35.7. The van der Waals surface area contributed by atoms with Gasteiger partial charge in [0.25, 0.3) is 0 Å². The molecule has 1 aromatic carbocycles. The SMILES string of the molecule is O=S(Cl)c1ccc(C(F)(F)F)cc1C(F)(F)F. The predicted molar refractivity (Wildman–Crippen MR) is 48.7 cm³/mol. The molecule has 0 aliphatic rings. The molecule has 0 aliphatic carbocycles. The normalized spacial score (nSPS) is 14.8. The van der Waals surface area contributed by atoms with Crippen molar-refractivity contribution < 1.29 is 30.6 Å². The van der Waals surface area contributed by atoms with Crippen LogP contribution in [-0.2, 0) is 22.4 Å². The molecule has 0 aromatic heterocycles. The molecule has 9 heteroatoms. The Bertz CT molecular complexity index is 452. The molecule has 1 nitrogen and oxygen atoms in total. The van der Waals surface area contributed by atoms with E-state index in [9.17, 15) is 30.6 Å². The lowest BCUT2D eigenvalue weighted by molar-refractivity contribution is -0.144. The first-order valence-electron chi connectivity index (χ1n) is 3.90. The van der Waals surface area contributed by atoms with E-state index in [4.69, 9.17) is 10.7 Å². The van der Waals surface area contributed by atoms with Gasteiger partial charge in [0.1, 0.15) is 10.0 Å². The van der Waals surface area contributed by atoms with Crippen LogP contribution in [0.4, 0.5) is 26.3 Å². The summed E-state index contributed by atoms with van der Waals surface area (Å²) in [6.07, 6.45) is -9.96. The Morgan fingerprint density at radius 1 is 1.00 bits per heavy atom. The second-order valence-electron chi connectivity index (χ2n) is 2.93. The second kappa shape index (κ2) is 4.49. The summed E-state index contributed by atoms with van der Waals surface area (Å²) in [6.45, 7) is 0. The Hall–Kier alpha value is -0.760. The lowest BCUT2D eigenvalue weighted by Crippen LogP contribution is -2.13. The molecule has 0 saturated carbocycles. The van der Waals surface area contributed by atoms with Gasteiger partial charge in [0, 0.05) is 0 Å². The van der Waals surface area contributed by atoms with Gasteiger partial charge in [-0.25, -0.2) is 4.21 Å². The van der Waals surface area contributed by atoms with E-state index in [2.05, 4.69) is 0 Å². The van der Waals surface area contributed by atoms with Crippen molar-refractivity contribution in [2.24, 2.45) is 0 Å². The van der Waals surface area contributed by atoms with E-state index in [-0.39, 0.29) is 6.07 Å². The van der Waals surface area contributed by atoms with Gasteiger partial charge in [0.05, 0.1) is 16.0 Å². The number of hydrogen-bond donors (Lipinski definition) is 0. The van der Waals surface area contributed by atoms with Crippen LogP contribution in [0.1, 0.15) is 11.1 Å². The third kappa shape index (κ3) is 3.35. The Balaban J connectivity index is 3.46. The highest BCUT2D eigenvalue weighted by molar-refractivity contribution is 8.08. The van der Waals surface area contributed by atoms with Crippen LogP contribution in [-0.4, -0.2) is 4.21 Å². The maximum atomic E-state index is 12.4. The van der Waals surface area contributed by atoms with Crippen LogP contribution in [0.3, 0.4) is 0 Å². The fraction of sp³-hybridized carbons (Fsp3) is 0.250. The molecule has 0 heterocycles. The van der Waals surface area contributed by atoms with Crippen molar-refractivity contribution in [3.8, 4) is 0 Å². The zero-order valence-corrected chi connectivity index (χ0v) is 9.27. The van der Waals surface area contributed by atoms with Crippen molar-refractivity contribution in [3.05, 3.63) is 29.3 Å². The number of rotatable bonds is 1. The first kappa shape index (κ1) is 14.3. The fourth-order valence-corrected chi connectivity index (χ4v) is 1.99. The number of benzene rings is 1. The van der Waals surface area contributed by atoms with E-state index in [1.165, 1.54) is 0 Å².